The number of aryl methyl sites for hydroxylation is 3. The molecule has 4 rings (SSSR count). The van der Waals surface area contributed by atoms with E-state index in [9.17, 15) is 0 Å². The molecule has 2 aliphatic rings. The number of nitrogens with two attached hydrogens (primary N) is 1. The quantitative estimate of drug-likeness (QED) is 0.847. The molecular weight excluding hydrogens is 234 g/mol. The molecule has 0 amide bonds. The zero-order chi connectivity index (χ0) is 12.8. The second-order valence-corrected chi connectivity index (χ2v) is 5.82. The predicted molar refractivity (Wildman–Crippen MR) is 76.0 cm³/mol. The summed E-state index contributed by atoms with van der Waals surface area (Å²) in [5.41, 5.74) is 12.9. The maximum Gasteiger partial charge on any atom is 0.0956 e. The average Bonchev–Trinajstić information content (AvgIpc) is 3.03. The van der Waals surface area contributed by atoms with Crippen molar-refractivity contribution < 1.29 is 0 Å². The lowest BCUT2D eigenvalue weighted by Gasteiger charge is -2.21. The van der Waals surface area contributed by atoms with Gasteiger partial charge in [-0.2, -0.15) is 0 Å². The van der Waals surface area contributed by atoms with Crippen molar-refractivity contribution in [3.8, 4) is 11.3 Å². The van der Waals surface area contributed by atoms with Crippen LogP contribution < -0.4 is 5.73 Å². The molecule has 19 heavy (non-hydrogen) atoms. The van der Waals surface area contributed by atoms with Crippen LogP contribution in [0.5, 0.6) is 0 Å². The number of hydrogen-bond donors (Lipinski definition) is 1. The number of hydrogen-bond acceptors (Lipinski definition) is 2. The van der Waals surface area contributed by atoms with Gasteiger partial charge in [0.05, 0.1) is 12.0 Å². The van der Waals surface area contributed by atoms with Gasteiger partial charge in [-0.1, -0.05) is 12.1 Å². The predicted octanol–water partition coefficient (Wildman–Crippen LogP) is 2.31. The molecule has 1 aliphatic heterocycles. The molecule has 3 heteroatoms. The van der Waals surface area contributed by atoms with E-state index in [1.54, 1.807) is 0 Å². The second-order valence-electron chi connectivity index (χ2n) is 5.82. The molecule has 2 N–H and O–H groups in total. The third-order valence-electron chi connectivity index (χ3n) is 4.51. The monoisotopic (exact) mass is 253 g/mol. The summed E-state index contributed by atoms with van der Waals surface area (Å²) in [4.78, 5) is 4.64. The summed E-state index contributed by atoms with van der Waals surface area (Å²) in [6, 6.07) is 7.14. The summed E-state index contributed by atoms with van der Waals surface area (Å²) >= 11 is 0. The normalized spacial score (nSPS) is 21.2. The van der Waals surface area contributed by atoms with Gasteiger partial charge >= 0.3 is 0 Å². The van der Waals surface area contributed by atoms with E-state index in [-0.39, 0.29) is 6.04 Å². The summed E-state index contributed by atoms with van der Waals surface area (Å²) < 4.78 is 2.27. The minimum atomic E-state index is 0.289. The Kier molecular flexibility index (Phi) is 2.49. The zero-order valence-electron chi connectivity index (χ0n) is 11.1. The Bertz CT molecular complexity index is 627. The largest absolute Gasteiger partial charge is 0.334 e. The van der Waals surface area contributed by atoms with Gasteiger partial charge in [-0.3, -0.25) is 0 Å². The number of rotatable bonds is 1. The highest BCUT2D eigenvalue weighted by atomic mass is 15.1. The Morgan fingerprint density at radius 3 is 3.05 bits per heavy atom. The summed E-state index contributed by atoms with van der Waals surface area (Å²) in [6.07, 6.45) is 7.74. The number of imidazole rings is 1. The van der Waals surface area contributed by atoms with Gasteiger partial charge in [-0.05, 0) is 42.9 Å². The van der Waals surface area contributed by atoms with E-state index in [2.05, 4.69) is 27.8 Å². The first-order valence-electron chi connectivity index (χ1n) is 7.23. The van der Waals surface area contributed by atoms with Crippen molar-refractivity contribution in [1.82, 2.24) is 9.55 Å². The molecule has 1 unspecified atom stereocenters. The highest BCUT2D eigenvalue weighted by Gasteiger charge is 2.21. The number of benzene rings is 1. The van der Waals surface area contributed by atoms with E-state index in [0.29, 0.717) is 0 Å². The van der Waals surface area contributed by atoms with Gasteiger partial charge in [0.1, 0.15) is 0 Å². The number of fused-ring (bicyclic) bond motifs is 2. The Morgan fingerprint density at radius 1 is 1.21 bits per heavy atom. The van der Waals surface area contributed by atoms with Crippen LogP contribution in [-0.4, -0.2) is 15.6 Å². The first-order chi connectivity index (χ1) is 9.31. The molecule has 0 radical (unpaired) electrons. The standard InChI is InChI=1S/C16H19N3/c17-14-6-7-19-10-18-16(15(19)9-14)13-5-4-11-2-1-3-12(11)8-13/h4-5,8,10,14H,1-3,6-7,9,17H2. The van der Waals surface area contributed by atoms with Gasteiger partial charge in [-0.15, -0.1) is 0 Å². The van der Waals surface area contributed by atoms with Crippen LogP contribution in [0, 0.1) is 0 Å². The fraction of sp³-hybridized carbons (Fsp3) is 0.438. The Balaban J connectivity index is 1.79. The zero-order valence-corrected chi connectivity index (χ0v) is 11.1. The van der Waals surface area contributed by atoms with E-state index >= 15 is 0 Å². The SMILES string of the molecule is NC1CCn2cnc(-c3ccc4c(c3)CCC4)c2C1. The fourth-order valence-electron chi connectivity index (χ4n) is 3.43. The second kappa shape index (κ2) is 4.20. The van der Waals surface area contributed by atoms with Crippen LogP contribution in [0.1, 0.15) is 29.7 Å². The number of nitrogens with zero attached hydrogens (tertiary/aromatic N) is 2. The molecule has 1 aromatic heterocycles. The lowest BCUT2D eigenvalue weighted by molar-refractivity contribution is 0.472. The van der Waals surface area contributed by atoms with E-state index in [1.807, 2.05) is 6.33 Å². The maximum absolute atomic E-state index is 6.10. The van der Waals surface area contributed by atoms with Gasteiger partial charge in [0, 0.05) is 30.3 Å². The molecule has 0 bridgehead atoms. The van der Waals surface area contributed by atoms with Crippen molar-refractivity contribution >= 4 is 0 Å². The topological polar surface area (TPSA) is 43.8 Å². The highest BCUT2D eigenvalue weighted by Crippen LogP contribution is 2.30. The summed E-state index contributed by atoms with van der Waals surface area (Å²) in [6.45, 7) is 1.01. The van der Waals surface area contributed by atoms with Crippen molar-refractivity contribution in [3.05, 3.63) is 41.3 Å². The van der Waals surface area contributed by atoms with Crippen molar-refractivity contribution in [3.63, 3.8) is 0 Å². The van der Waals surface area contributed by atoms with Gasteiger partial charge < -0.3 is 10.3 Å². The molecule has 1 atom stereocenters. The molecule has 3 nitrogen and oxygen atoms in total. The third-order valence-corrected chi connectivity index (χ3v) is 4.51. The van der Waals surface area contributed by atoms with Crippen LogP contribution in [0.25, 0.3) is 11.3 Å². The first-order valence-corrected chi connectivity index (χ1v) is 7.23. The van der Waals surface area contributed by atoms with Crippen LogP contribution in [0.3, 0.4) is 0 Å². The fourth-order valence-corrected chi connectivity index (χ4v) is 3.43. The van der Waals surface area contributed by atoms with E-state index in [0.717, 1.165) is 25.1 Å². The van der Waals surface area contributed by atoms with Gasteiger partial charge in [-0.25, -0.2) is 4.98 Å². The van der Waals surface area contributed by atoms with Crippen LogP contribution >= 0.6 is 0 Å². The molecule has 0 saturated carbocycles. The van der Waals surface area contributed by atoms with E-state index in [1.165, 1.54) is 41.6 Å². The van der Waals surface area contributed by atoms with Crippen molar-refractivity contribution in [1.29, 1.82) is 0 Å². The Hall–Kier alpha value is -1.61. The molecule has 2 aromatic rings. The first kappa shape index (κ1) is 11.2. The smallest absolute Gasteiger partial charge is 0.0956 e. The molecule has 1 aliphatic carbocycles. The summed E-state index contributed by atoms with van der Waals surface area (Å²) in [5.74, 6) is 0. The van der Waals surface area contributed by atoms with Crippen molar-refractivity contribution in [2.24, 2.45) is 5.73 Å². The van der Waals surface area contributed by atoms with Gasteiger partial charge in [0.2, 0.25) is 0 Å². The van der Waals surface area contributed by atoms with Crippen LogP contribution in [0.15, 0.2) is 24.5 Å². The molecule has 0 fully saturated rings. The molecular formula is C16H19N3. The molecule has 98 valence electrons. The summed E-state index contributed by atoms with van der Waals surface area (Å²) in [5, 5.41) is 0. The van der Waals surface area contributed by atoms with Crippen molar-refractivity contribution in [2.75, 3.05) is 0 Å². The Morgan fingerprint density at radius 2 is 2.11 bits per heavy atom. The summed E-state index contributed by atoms with van der Waals surface area (Å²) in [7, 11) is 0. The molecule has 0 saturated heterocycles. The minimum Gasteiger partial charge on any atom is -0.334 e. The maximum atomic E-state index is 6.10. The lowest BCUT2D eigenvalue weighted by atomic mass is 9.98. The van der Waals surface area contributed by atoms with Gasteiger partial charge in [0.15, 0.2) is 0 Å². The lowest BCUT2D eigenvalue weighted by Crippen LogP contribution is -2.30. The molecule has 1 aromatic carbocycles. The van der Waals surface area contributed by atoms with Gasteiger partial charge in [0.25, 0.3) is 0 Å². The minimum absolute atomic E-state index is 0.289. The average molecular weight is 253 g/mol. The molecule has 2 heterocycles. The number of aromatic nitrogens is 2. The third kappa shape index (κ3) is 1.80. The van der Waals surface area contributed by atoms with Crippen LogP contribution in [0.4, 0.5) is 0 Å². The highest BCUT2D eigenvalue weighted by molar-refractivity contribution is 5.64. The van der Waals surface area contributed by atoms with Crippen molar-refractivity contribution in [2.45, 2.75) is 44.7 Å². The van der Waals surface area contributed by atoms with Crippen LogP contribution in [-0.2, 0) is 25.8 Å². The van der Waals surface area contributed by atoms with E-state index in [4.69, 9.17) is 5.73 Å². The molecule has 0 spiro atoms. The van der Waals surface area contributed by atoms with Crippen LogP contribution in [0.2, 0.25) is 0 Å². The van der Waals surface area contributed by atoms with E-state index < -0.39 is 0 Å². The Labute approximate surface area is 113 Å².